The number of furan rings is 1. The molecule has 9 rings (SSSR count). The van der Waals surface area contributed by atoms with Gasteiger partial charge in [-0.15, -0.1) is 0 Å². The zero-order valence-corrected chi connectivity index (χ0v) is 27.4. The highest BCUT2D eigenvalue weighted by atomic mass is 16.3. The van der Waals surface area contributed by atoms with Crippen molar-refractivity contribution in [2.24, 2.45) is 0 Å². The van der Waals surface area contributed by atoms with E-state index in [1.54, 1.807) is 0 Å². The first-order valence-corrected chi connectivity index (χ1v) is 17.0. The minimum Gasteiger partial charge on any atom is -0.456 e. The molecule has 0 atom stereocenters. The Labute approximate surface area is 292 Å². The van der Waals surface area contributed by atoms with Crippen molar-refractivity contribution in [3.05, 3.63) is 200 Å². The fourth-order valence-corrected chi connectivity index (χ4v) is 7.18. The van der Waals surface area contributed by atoms with E-state index < -0.39 is 0 Å². The molecule has 236 valence electrons. The van der Waals surface area contributed by atoms with Gasteiger partial charge in [0.2, 0.25) is 0 Å². The average molecular weight is 640 g/mol. The number of anilines is 3. The van der Waals surface area contributed by atoms with E-state index in [4.69, 9.17) is 4.42 Å². The molecule has 0 aliphatic rings. The quantitative estimate of drug-likeness (QED) is 0.173. The summed E-state index contributed by atoms with van der Waals surface area (Å²) < 4.78 is 6.16. The number of fused-ring (bicyclic) bond motifs is 3. The van der Waals surface area contributed by atoms with Gasteiger partial charge in [0, 0.05) is 27.8 Å². The van der Waals surface area contributed by atoms with Crippen molar-refractivity contribution in [3.8, 4) is 44.5 Å². The van der Waals surface area contributed by atoms with E-state index in [-0.39, 0.29) is 0 Å². The Morgan fingerprint density at radius 2 is 0.700 bits per heavy atom. The van der Waals surface area contributed by atoms with Crippen LogP contribution in [0.1, 0.15) is 0 Å². The summed E-state index contributed by atoms with van der Waals surface area (Å²) in [6.07, 6.45) is 0. The molecule has 2 nitrogen and oxygen atoms in total. The van der Waals surface area contributed by atoms with Gasteiger partial charge in [0.1, 0.15) is 11.2 Å². The first-order chi connectivity index (χ1) is 24.8. The third-order valence-electron chi connectivity index (χ3n) is 9.52. The first-order valence-electron chi connectivity index (χ1n) is 17.0. The van der Waals surface area contributed by atoms with Crippen molar-refractivity contribution >= 4 is 39.0 Å². The lowest BCUT2D eigenvalue weighted by atomic mass is 9.87. The van der Waals surface area contributed by atoms with Gasteiger partial charge in [-0.25, -0.2) is 0 Å². The summed E-state index contributed by atoms with van der Waals surface area (Å²) in [6, 6.07) is 71.1. The van der Waals surface area contributed by atoms with Crippen LogP contribution < -0.4 is 4.90 Å². The molecule has 9 aromatic rings. The van der Waals surface area contributed by atoms with Gasteiger partial charge in [-0.2, -0.15) is 0 Å². The van der Waals surface area contributed by atoms with Gasteiger partial charge in [0.15, 0.2) is 0 Å². The lowest BCUT2D eigenvalue weighted by Crippen LogP contribution is -2.09. The number of para-hydroxylation sites is 2. The zero-order chi connectivity index (χ0) is 33.3. The van der Waals surface area contributed by atoms with Crippen LogP contribution in [0.5, 0.6) is 0 Å². The smallest absolute Gasteiger partial charge is 0.135 e. The van der Waals surface area contributed by atoms with Crippen LogP contribution in [0.3, 0.4) is 0 Å². The molecule has 0 saturated carbocycles. The highest BCUT2D eigenvalue weighted by molar-refractivity contribution is 6.06. The Morgan fingerprint density at radius 1 is 0.280 bits per heavy atom. The summed E-state index contributed by atoms with van der Waals surface area (Å²) in [7, 11) is 0. The Kier molecular flexibility index (Phi) is 7.53. The van der Waals surface area contributed by atoms with Crippen molar-refractivity contribution in [2.75, 3.05) is 4.90 Å². The molecular formula is C48H33NO. The maximum absolute atomic E-state index is 6.16. The number of rotatable bonds is 7. The second-order valence-corrected chi connectivity index (χ2v) is 12.5. The third kappa shape index (κ3) is 5.34. The molecule has 0 spiro atoms. The highest BCUT2D eigenvalue weighted by Crippen LogP contribution is 2.43. The van der Waals surface area contributed by atoms with Crippen LogP contribution in [0.15, 0.2) is 205 Å². The predicted octanol–water partition coefficient (Wildman–Crippen LogP) is 13.7. The molecule has 50 heavy (non-hydrogen) atoms. The molecule has 0 unspecified atom stereocenters. The molecule has 0 aliphatic carbocycles. The van der Waals surface area contributed by atoms with E-state index in [0.717, 1.165) is 39.0 Å². The normalized spacial score (nSPS) is 11.2. The van der Waals surface area contributed by atoms with Crippen molar-refractivity contribution < 1.29 is 4.42 Å². The Hall–Kier alpha value is -6.64. The Morgan fingerprint density at radius 3 is 1.32 bits per heavy atom. The van der Waals surface area contributed by atoms with E-state index in [1.807, 2.05) is 12.1 Å². The number of hydrogen-bond donors (Lipinski definition) is 0. The summed E-state index contributed by atoms with van der Waals surface area (Å²) >= 11 is 0. The Bertz CT molecular complexity index is 2580. The van der Waals surface area contributed by atoms with E-state index in [1.165, 1.54) is 44.5 Å². The van der Waals surface area contributed by atoms with Crippen LogP contribution in [0.2, 0.25) is 0 Å². The summed E-state index contributed by atoms with van der Waals surface area (Å²) in [4.78, 5) is 2.31. The molecule has 0 bridgehead atoms. The molecule has 1 heterocycles. The maximum atomic E-state index is 6.16. The molecule has 0 amide bonds. The largest absolute Gasteiger partial charge is 0.456 e. The van der Waals surface area contributed by atoms with Crippen LogP contribution in [-0.4, -0.2) is 0 Å². The molecule has 1 aromatic heterocycles. The van der Waals surface area contributed by atoms with Crippen molar-refractivity contribution in [1.82, 2.24) is 0 Å². The molecule has 0 radical (unpaired) electrons. The summed E-state index contributed by atoms with van der Waals surface area (Å²) in [6.45, 7) is 0. The van der Waals surface area contributed by atoms with Gasteiger partial charge in [0.25, 0.3) is 0 Å². The maximum Gasteiger partial charge on any atom is 0.135 e. The van der Waals surface area contributed by atoms with E-state index in [2.05, 4.69) is 193 Å². The van der Waals surface area contributed by atoms with Crippen molar-refractivity contribution in [2.45, 2.75) is 0 Å². The van der Waals surface area contributed by atoms with Crippen molar-refractivity contribution in [1.29, 1.82) is 0 Å². The van der Waals surface area contributed by atoms with Gasteiger partial charge in [-0.1, -0.05) is 152 Å². The number of benzene rings is 8. The summed E-state index contributed by atoms with van der Waals surface area (Å²) in [5.41, 5.74) is 14.7. The number of nitrogens with zero attached hydrogens (tertiary/aromatic N) is 1. The van der Waals surface area contributed by atoms with Crippen LogP contribution in [0.4, 0.5) is 17.1 Å². The predicted molar refractivity (Wildman–Crippen MR) is 210 cm³/mol. The second-order valence-electron chi connectivity index (χ2n) is 12.5. The topological polar surface area (TPSA) is 16.4 Å². The lowest BCUT2D eigenvalue weighted by Gasteiger charge is -2.26. The molecule has 0 aliphatic heterocycles. The lowest BCUT2D eigenvalue weighted by molar-refractivity contribution is 0.669. The van der Waals surface area contributed by atoms with E-state index >= 15 is 0 Å². The molecular weight excluding hydrogens is 607 g/mol. The zero-order valence-electron chi connectivity index (χ0n) is 27.4. The summed E-state index contributed by atoms with van der Waals surface area (Å²) in [5.74, 6) is 0. The van der Waals surface area contributed by atoms with Crippen molar-refractivity contribution in [3.63, 3.8) is 0 Å². The SMILES string of the molecule is c1ccc(-c2ccccc2-c2ccccc2-c2ccccc2-c2ccc(N(c3ccccc3)c3ccc4oc5ccccc5c4c3)cc2)cc1. The Balaban J connectivity index is 1.13. The fourth-order valence-electron chi connectivity index (χ4n) is 7.18. The molecule has 0 saturated heterocycles. The van der Waals surface area contributed by atoms with Gasteiger partial charge < -0.3 is 9.32 Å². The molecule has 2 heteroatoms. The fraction of sp³-hybridized carbons (Fsp3) is 0. The molecule has 8 aromatic carbocycles. The highest BCUT2D eigenvalue weighted by Gasteiger charge is 2.18. The van der Waals surface area contributed by atoms with E-state index in [9.17, 15) is 0 Å². The summed E-state index contributed by atoms with van der Waals surface area (Å²) in [5, 5.41) is 2.23. The van der Waals surface area contributed by atoms with Crippen LogP contribution in [0.25, 0.3) is 66.4 Å². The second kappa shape index (κ2) is 12.8. The standard InChI is InChI=1S/C48H33NO/c1-3-15-34(16-4-1)39-19-7-9-21-41(39)43-23-11-12-24-44(43)42-22-10-8-20-40(42)35-27-29-37(30-28-35)49(36-17-5-2-6-18-36)38-31-32-48-46(33-38)45-25-13-14-26-47(45)50-48/h1-33H. The van der Waals surface area contributed by atoms with Crippen LogP contribution >= 0.6 is 0 Å². The van der Waals surface area contributed by atoms with Gasteiger partial charge in [-0.05, 0) is 93.0 Å². The monoisotopic (exact) mass is 639 g/mol. The minimum absolute atomic E-state index is 0.890. The van der Waals surface area contributed by atoms with Gasteiger partial charge in [0.05, 0.1) is 0 Å². The van der Waals surface area contributed by atoms with Gasteiger partial charge in [-0.3, -0.25) is 0 Å². The average Bonchev–Trinajstić information content (AvgIpc) is 3.57. The van der Waals surface area contributed by atoms with E-state index in [0.29, 0.717) is 0 Å². The minimum atomic E-state index is 0.890. The van der Waals surface area contributed by atoms with Crippen LogP contribution in [0, 0.1) is 0 Å². The molecule has 0 N–H and O–H groups in total. The number of hydrogen-bond acceptors (Lipinski definition) is 2. The van der Waals surface area contributed by atoms with Crippen LogP contribution in [-0.2, 0) is 0 Å². The third-order valence-corrected chi connectivity index (χ3v) is 9.52. The molecule has 0 fully saturated rings. The first kappa shape index (κ1) is 29.5. The van der Waals surface area contributed by atoms with Gasteiger partial charge >= 0.3 is 0 Å².